The molecule has 42 heavy (non-hydrogen) atoms. The van der Waals surface area contributed by atoms with E-state index in [0.29, 0.717) is 13.1 Å². The number of methoxy groups -OCH3 is 1. The third-order valence-electron chi connectivity index (χ3n) is 6.04. The molecule has 0 spiro atoms. The highest BCUT2D eigenvalue weighted by Crippen LogP contribution is 2.43. The van der Waals surface area contributed by atoms with Crippen molar-refractivity contribution in [3.05, 3.63) is 42.5 Å². The molecular formula is C24H29N5O10S3. The van der Waals surface area contributed by atoms with E-state index in [1.807, 2.05) is 0 Å². The van der Waals surface area contributed by atoms with E-state index in [4.69, 9.17) is 9.47 Å². The van der Waals surface area contributed by atoms with Gasteiger partial charge in [0.25, 0.3) is 20.1 Å². The maximum atomic E-state index is 13.3. The molecule has 0 saturated carbocycles. The van der Waals surface area contributed by atoms with Crippen LogP contribution in [0.5, 0.6) is 11.5 Å². The molecule has 1 fully saturated rings. The highest BCUT2D eigenvalue weighted by Gasteiger charge is 2.27. The first-order valence-corrected chi connectivity index (χ1v) is 17.2. The minimum absolute atomic E-state index is 0.00178. The smallest absolute Gasteiger partial charge is 0.298 e. The molecule has 0 aliphatic carbocycles. The van der Waals surface area contributed by atoms with Gasteiger partial charge >= 0.3 is 0 Å². The summed E-state index contributed by atoms with van der Waals surface area (Å²) in [7, 11) is -11.5. The number of azo groups is 1. The number of sulfonamides is 2. The standard InChI is InChI=1S/C24H29N5O10S3/c1-38-12-13-39-20-9-8-16(14-21(20)42(35,36)37)25-26-19-15-22(41(33,34)28-29-10-3-4-11-29)24(30)17-6-5-7-18(23(17)19)27-40(2,31)32/h5-9,14-15,27-28,30H,3-4,10-13H2,1-2H3,(H,35,36,37)/b26-25+. The summed E-state index contributed by atoms with van der Waals surface area (Å²) < 4.78 is 96.9. The Kier molecular flexibility index (Phi) is 9.36. The maximum absolute atomic E-state index is 13.3. The van der Waals surface area contributed by atoms with Crippen LogP contribution in [0.1, 0.15) is 12.8 Å². The highest BCUT2D eigenvalue weighted by molar-refractivity contribution is 7.92. The van der Waals surface area contributed by atoms with Gasteiger partial charge in [-0.15, -0.1) is 9.95 Å². The van der Waals surface area contributed by atoms with Crippen LogP contribution in [-0.2, 0) is 34.9 Å². The zero-order chi connectivity index (χ0) is 30.7. The number of rotatable bonds is 12. The molecule has 0 atom stereocenters. The second-order valence-electron chi connectivity index (χ2n) is 9.28. The van der Waals surface area contributed by atoms with Crippen LogP contribution in [0, 0.1) is 0 Å². The van der Waals surface area contributed by atoms with Crippen LogP contribution in [0.3, 0.4) is 0 Å². The van der Waals surface area contributed by atoms with Crippen molar-refractivity contribution in [1.29, 1.82) is 0 Å². The third kappa shape index (κ3) is 7.51. The van der Waals surface area contributed by atoms with Crippen molar-refractivity contribution >= 4 is 58.0 Å². The Morgan fingerprint density at radius 2 is 1.67 bits per heavy atom. The number of phenolic OH excluding ortho intramolecular Hbond substituents is 1. The maximum Gasteiger partial charge on any atom is 0.298 e. The number of nitrogens with one attached hydrogen (secondary N) is 2. The second kappa shape index (κ2) is 12.5. The van der Waals surface area contributed by atoms with E-state index in [9.17, 15) is 34.9 Å². The predicted molar refractivity (Wildman–Crippen MR) is 153 cm³/mol. The van der Waals surface area contributed by atoms with Gasteiger partial charge in [0, 0.05) is 31.0 Å². The Bertz CT molecular complexity index is 1840. The van der Waals surface area contributed by atoms with Crippen LogP contribution in [0.4, 0.5) is 17.1 Å². The second-order valence-corrected chi connectivity index (χ2v) is 14.0. The van der Waals surface area contributed by atoms with Gasteiger partial charge < -0.3 is 14.6 Å². The summed E-state index contributed by atoms with van der Waals surface area (Å²) >= 11 is 0. The Hall–Kier alpha value is -3.39. The zero-order valence-corrected chi connectivity index (χ0v) is 25.0. The fourth-order valence-electron chi connectivity index (χ4n) is 4.25. The van der Waals surface area contributed by atoms with Crippen molar-refractivity contribution in [3.8, 4) is 11.5 Å². The van der Waals surface area contributed by atoms with Gasteiger partial charge in [0.2, 0.25) is 10.0 Å². The SMILES string of the molecule is COCCOc1ccc(/N=N/c2cc(S(=O)(=O)NN3CCCC3)c(O)c3cccc(NS(C)(=O)=O)c23)cc1S(=O)(=O)O. The van der Waals surface area contributed by atoms with Crippen LogP contribution in [0.15, 0.2) is 62.5 Å². The Balaban J connectivity index is 1.87. The number of aromatic hydroxyl groups is 1. The van der Waals surface area contributed by atoms with E-state index < -0.39 is 45.7 Å². The number of hydrogen-bond donors (Lipinski definition) is 4. The van der Waals surface area contributed by atoms with Crippen molar-refractivity contribution in [1.82, 2.24) is 9.84 Å². The quantitative estimate of drug-likeness (QED) is 0.128. The molecule has 0 bridgehead atoms. The van der Waals surface area contributed by atoms with E-state index in [2.05, 4.69) is 19.8 Å². The molecular weight excluding hydrogens is 614 g/mol. The van der Waals surface area contributed by atoms with Gasteiger partial charge in [0.15, 0.2) is 0 Å². The van der Waals surface area contributed by atoms with Gasteiger partial charge in [0.05, 0.1) is 29.9 Å². The lowest BCUT2D eigenvalue weighted by atomic mass is 10.1. The molecule has 0 amide bonds. The summed E-state index contributed by atoms with van der Waals surface area (Å²) in [6, 6.07) is 8.79. The van der Waals surface area contributed by atoms with Crippen molar-refractivity contribution in [2.45, 2.75) is 22.6 Å². The molecule has 0 aromatic heterocycles. The molecule has 15 nitrogen and oxygen atoms in total. The first kappa shape index (κ1) is 31.5. The number of phenols is 1. The summed E-state index contributed by atoms with van der Waals surface area (Å²) in [5, 5.41) is 20.6. The number of hydrazine groups is 1. The molecule has 18 heteroatoms. The largest absolute Gasteiger partial charge is 0.506 e. The molecule has 3 aromatic rings. The highest BCUT2D eigenvalue weighted by atomic mass is 32.2. The zero-order valence-electron chi connectivity index (χ0n) is 22.5. The number of hydrogen-bond acceptors (Lipinski definition) is 12. The van der Waals surface area contributed by atoms with E-state index in [-0.39, 0.29) is 46.8 Å². The molecule has 4 N–H and O–H groups in total. The van der Waals surface area contributed by atoms with Crippen LogP contribution < -0.4 is 14.3 Å². The lowest BCUT2D eigenvalue weighted by Gasteiger charge is -2.19. The average molecular weight is 644 g/mol. The number of nitrogens with zero attached hydrogens (tertiary/aromatic N) is 3. The molecule has 1 aliphatic rings. The predicted octanol–water partition coefficient (Wildman–Crippen LogP) is 2.89. The Morgan fingerprint density at radius 3 is 2.31 bits per heavy atom. The van der Waals surface area contributed by atoms with Gasteiger partial charge in [0.1, 0.15) is 27.9 Å². The van der Waals surface area contributed by atoms with E-state index in [1.165, 1.54) is 42.5 Å². The average Bonchev–Trinajstić information content (AvgIpc) is 3.40. The van der Waals surface area contributed by atoms with Gasteiger partial charge in [-0.2, -0.15) is 13.5 Å². The Morgan fingerprint density at radius 1 is 0.952 bits per heavy atom. The van der Waals surface area contributed by atoms with Crippen LogP contribution >= 0.6 is 0 Å². The van der Waals surface area contributed by atoms with Gasteiger partial charge in [-0.1, -0.05) is 12.1 Å². The number of anilines is 1. The van der Waals surface area contributed by atoms with Crippen LogP contribution in [-0.4, -0.2) is 79.6 Å². The molecule has 1 heterocycles. The fraction of sp³-hybridized carbons (Fsp3) is 0.333. The Labute approximate surface area is 243 Å². The van der Waals surface area contributed by atoms with E-state index in [0.717, 1.165) is 31.2 Å². The minimum atomic E-state index is -4.75. The molecule has 3 aromatic carbocycles. The molecule has 0 radical (unpaired) electrons. The molecule has 1 aliphatic heterocycles. The monoisotopic (exact) mass is 643 g/mol. The van der Waals surface area contributed by atoms with Gasteiger partial charge in [-0.25, -0.2) is 21.8 Å². The number of fused-ring (bicyclic) bond motifs is 1. The molecule has 0 unspecified atom stereocenters. The third-order valence-corrected chi connectivity index (χ3v) is 8.89. The summed E-state index contributed by atoms with van der Waals surface area (Å²) in [4.78, 5) is 1.30. The van der Waals surface area contributed by atoms with Crippen molar-refractivity contribution < 1.29 is 44.4 Å². The van der Waals surface area contributed by atoms with Gasteiger partial charge in [-0.3, -0.25) is 9.27 Å². The summed E-state index contributed by atoms with van der Waals surface area (Å²) in [6.45, 7) is 1.11. The topological polar surface area (TPSA) is 213 Å². The lowest BCUT2D eigenvalue weighted by Crippen LogP contribution is -2.39. The summed E-state index contributed by atoms with van der Waals surface area (Å²) in [5.41, 5.74) is -0.252. The molecule has 1 saturated heterocycles. The fourth-order valence-corrected chi connectivity index (χ4v) is 6.72. The first-order valence-electron chi connectivity index (χ1n) is 12.4. The molecule has 228 valence electrons. The van der Waals surface area contributed by atoms with Crippen molar-refractivity contribution in [3.63, 3.8) is 0 Å². The lowest BCUT2D eigenvalue weighted by molar-refractivity contribution is 0.144. The van der Waals surface area contributed by atoms with Crippen molar-refractivity contribution in [2.24, 2.45) is 10.2 Å². The van der Waals surface area contributed by atoms with Crippen LogP contribution in [0.25, 0.3) is 10.8 Å². The first-order chi connectivity index (χ1) is 19.7. The summed E-state index contributed by atoms with van der Waals surface area (Å²) in [5.74, 6) is -0.802. The number of benzene rings is 3. The van der Waals surface area contributed by atoms with Crippen molar-refractivity contribution in [2.75, 3.05) is 44.4 Å². The van der Waals surface area contributed by atoms with E-state index >= 15 is 0 Å². The van der Waals surface area contributed by atoms with Gasteiger partial charge in [-0.05, 0) is 43.2 Å². The minimum Gasteiger partial charge on any atom is -0.506 e. The summed E-state index contributed by atoms with van der Waals surface area (Å²) in [6.07, 6.45) is 2.49. The van der Waals surface area contributed by atoms with Crippen LogP contribution in [0.2, 0.25) is 0 Å². The van der Waals surface area contributed by atoms with E-state index in [1.54, 1.807) is 0 Å². The normalized spacial score (nSPS) is 15.0. The molecule has 4 rings (SSSR count). The number of ether oxygens (including phenoxy) is 2.